The Morgan fingerprint density at radius 3 is 2.00 bits per heavy atom. The van der Waals surface area contributed by atoms with Crippen LogP contribution in [0.2, 0.25) is 0 Å². The van der Waals surface area contributed by atoms with Crippen molar-refractivity contribution >= 4 is 23.8 Å². The summed E-state index contributed by atoms with van der Waals surface area (Å²) in [5.74, 6) is -7.92. The van der Waals surface area contributed by atoms with E-state index in [1.54, 1.807) is 60.6 Å². The van der Waals surface area contributed by atoms with Crippen molar-refractivity contribution in [2.45, 2.75) is 97.1 Å². The molecule has 0 aromatic rings. The van der Waals surface area contributed by atoms with E-state index in [1.165, 1.54) is 0 Å². The van der Waals surface area contributed by atoms with Crippen molar-refractivity contribution in [2.75, 3.05) is 0 Å². The van der Waals surface area contributed by atoms with E-state index in [-0.39, 0.29) is 12.5 Å². The summed E-state index contributed by atoms with van der Waals surface area (Å²) in [6.45, 7) is 15.5. The molecule has 1 N–H and O–H groups in total. The lowest BCUT2D eigenvalue weighted by molar-refractivity contribution is -0.161. The molecule has 0 spiro atoms. The van der Waals surface area contributed by atoms with Gasteiger partial charge in [0.2, 0.25) is 11.7 Å². The van der Waals surface area contributed by atoms with E-state index in [1.807, 2.05) is 0 Å². The van der Waals surface area contributed by atoms with Gasteiger partial charge in [-0.15, -0.1) is 0 Å². The Bertz CT molecular complexity index is 841. The molecule has 1 aliphatic heterocycles. The highest BCUT2D eigenvalue weighted by Crippen LogP contribution is 2.37. The van der Waals surface area contributed by atoms with Gasteiger partial charge in [-0.1, -0.05) is 18.7 Å². The molecule has 8 nitrogen and oxygen atoms in total. The lowest BCUT2D eigenvalue weighted by Gasteiger charge is -2.37. The summed E-state index contributed by atoms with van der Waals surface area (Å²) < 4.78 is 39.8. The first-order valence-corrected chi connectivity index (χ1v) is 11.0. The molecule has 1 heterocycles. The Morgan fingerprint density at radius 2 is 1.59 bits per heavy atom. The van der Waals surface area contributed by atoms with Crippen molar-refractivity contribution < 1.29 is 37.4 Å². The largest absolute Gasteiger partial charge is 0.458 e. The number of Topliss-reactive ketones (excluding diaryl/α,β-unsaturated/α-hetero) is 1. The number of ether oxygens (including phenoxy) is 2. The number of nitrogens with one attached hydrogen (secondary N) is 1. The van der Waals surface area contributed by atoms with Crippen LogP contribution < -0.4 is 5.32 Å². The number of alkyl halides is 2. The van der Waals surface area contributed by atoms with Crippen molar-refractivity contribution in [2.24, 2.45) is 5.92 Å². The van der Waals surface area contributed by atoms with Gasteiger partial charge in [-0.2, -0.15) is 8.78 Å². The van der Waals surface area contributed by atoms with Gasteiger partial charge in [0, 0.05) is 12.8 Å². The summed E-state index contributed by atoms with van der Waals surface area (Å²) in [6.07, 6.45) is 2.37. The monoisotopic (exact) mass is 486 g/mol. The third-order valence-corrected chi connectivity index (χ3v) is 4.88. The first-order chi connectivity index (χ1) is 15.3. The van der Waals surface area contributed by atoms with Gasteiger partial charge >= 0.3 is 18.0 Å². The number of nitrogens with zero attached hydrogens (tertiary/aromatic N) is 1. The molecule has 0 saturated carbocycles. The standard InChI is InChI=1S/C24H36F2N2O6/c1-10-12-15-13-16(20(31)33-22(4,5)6)28(21(32)34-23(7,8)9)18(15)17(27-14(3)29)19(30)24(25,26)11-2/h10-12,15-18H,2,13H2,1,3-9H3,(H,27,29)/b12-10-/t15-,16-,17-,18-/m1/s1. The van der Waals surface area contributed by atoms with Crippen molar-refractivity contribution in [1.29, 1.82) is 0 Å². The van der Waals surface area contributed by atoms with Crippen molar-refractivity contribution in [3.05, 3.63) is 24.8 Å². The van der Waals surface area contributed by atoms with Crippen LogP contribution in [0.3, 0.4) is 0 Å². The summed E-state index contributed by atoms with van der Waals surface area (Å²) in [5, 5.41) is 2.25. The van der Waals surface area contributed by atoms with Crippen LogP contribution in [0.1, 0.15) is 61.8 Å². The minimum Gasteiger partial charge on any atom is -0.458 e. The molecule has 0 unspecified atom stereocenters. The maximum absolute atomic E-state index is 14.4. The van der Waals surface area contributed by atoms with E-state index in [4.69, 9.17) is 9.47 Å². The second-order valence-electron chi connectivity index (χ2n) is 10.2. The first-order valence-electron chi connectivity index (χ1n) is 11.0. The number of ketones is 1. The highest BCUT2D eigenvalue weighted by molar-refractivity contribution is 5.96. The fraction of sp³-hybridized carbons (Fsp3) is 0.667. The number of carbonyl (C=O) groups is 4. The van der Waals surface area contributed by atoms with Gasteiger partial charge in [0.15, 0.2) is 0 Å². The van der Waals surface area contributed by atoms with Crippen LogP contribution in [-0.4, -0.2) is 63.9 Å². The molecule has 1 fully saturated rings. The normalized spacial score (nSPS) is 22.3. The molecule has 0 aliphatic carbocycles. The number of hydrogen-bond donors (Lipinski definition) is 1. The van der Waals surface area contributed by atoms with Gasteiger partial charge < -0.3 is 14.8 Å². The van der Waals surface area contributed by atoms with Gasteiger partial charge in [0.1, 0.15) is 23.3 Å². The van der Waals surface area contributed by atoms with Gasteiger partial charge in [0.25, 0.3) is 0 Å². The van der Waals surface area contributed by atoms with Crippen molar-refractivity contribution in [3.8, 4) is 0 Å². The van der Waals surface area contributed by atoms with E-state index in [9.17, 15) is 28.0 Å². The van der Waals surface area contributed by atoms with Crippen LogP contribution in [0, 0.1) is 5.92 Å². The van der Waals surface area contributed by atoms with Crippen molar-refractivity contribution in [1.82, 2.24) is 10.2 Å². The number of hydrogen-bond acceptors (Lipinski definition) is 6. The smallest absolute Gasteiger partial charge is 0.411 e. The first kappa shape index (κ1) is 29.3. The van der Waals surface area contributed by atoms with Crippen LogP contribution >= 0.6 is 0 Å². The molecule has 34 heavy (non-hydrogen) atoms. The third-order valence-electron chi connectivity index (χ3n) is 4.88. The lowest BCUT2D eigenvalue weighted by atomic mass is 9.88. The van der Waals surface area contributed by atoms with E-state index >= 15 is 0 Å². The highest BCUT2D eigenvalue weighted by Gasteiger charge is 2.56. The number of allylic oxidation sites excluding steroid dienone is 2. The summed E-state index contributed by atoms with van der Waals surface area (Å²) in [5.41, 5.74) is -1.88. The minimum atomic E-state index is -3.99. The number of likely N-dealkylation sites (tertiary alicyclic amines) is 1. The maximum atomic E-state index is 14.4. The average Bonchev–Trinajstić information content (AvgIpc) is 3.02. The maximum Gasteiger partial charge on any atom is 0.411 e. The molecule has 0 bridgehead atoms. The molecule has 0 aromatic carbocycles. The van der Waals surface area contributed by atoms with E-state index < -0.39 is 64.9 Å². The summed E-state index contributed by atoms with van der Waals surface area (Å²) >= 11 is 0. The van der Waals surface area contributed by atoms with E-state index in [0.29, 0.717) is 0 Å². The topological polar surface area (TPSA) is 102 Å². The summed E-state index contributed by atoms with van der Waals surface area (Å²) in [6, 6.07) is -4.42. The quantitative estimate of drug-likeness (QED) is 0.434. The van der Waals surface area contributed by atoms with E-state index in [0.717, 1.165) is 11.8 Å². The number of amides is 2. The fourth-order valence-electron chi connectivity index (χ4n) is 3.75. The molecular weight excluding hydrogens is 450 g/mol. The zero-order valence-corrected chi connectivity index (χ0v) is 21.1. The molecule has 1 saturated heterocycles. The molecule has 4 atom stereocenters. The third kappa shape index (κ3) is 7.63. The Balaban J connectivity index is 3.72. The molecule has 10 heteroatoms. The average molecular weight is 487 g/mol. The zero-order valence-electron chi connectivity index (χ0n) is 21.1. The highest BCUT2D eigenvalue weighted by atomic mass is 19.3. The number of rotatable bonds is 7. The van der Waals surface area contributed by atoms with Crippen LogP contribution in [-0.2, 0) is 23.9 Å². The van der Waals surface area contributed by atoms with Crippen LogP contribution in [0.15, 0.2) is 24.8 Å². The summed E-state index contributed by atoms with van der Waals surface area (Å²) in [7, 11) is 0. The molecule has 0 radical (unpaired) electrons. The molecule has 0 aromatic heterocycles. The van der Waals surface area contributed by atoms with Gasteiger partial charge in [-0.05, 0) is 61.0 Å². The van der Waals surface area contributed by atoms with Gasteiger partial charge in [0.05, 0.1) is 6.04 Å². The number of esters is 1. The molecular formula is C24H36F2N2O6. The predicted octanol–water partition coefficient (Wildman–Crippen LogP) is 3.79. The van der Waals surface area contributed by atoms with Crippen LogP contribution in [0.25, 0.3) is 0 Å². The van der Waals surface area contributed by atoms with Crippen LogP contribution in [0.5, 0.6) is 0 Å². The lowest BCUT2D eigenvalue weighted by Crippen LogP contribution is -2.61. The number of halogens is 2. The summed E-state index contributed by atoms with van der Waals surface area (Å²) in [4.78, 5) is 52.1. The fourth-order valence-corrected chi connectivity index (χ4v) is 3.75. The number of carbonyl (C=O) groups excluding carboxylic acids is 4. The Morgan fingerprint density at radius 1 is 1.06 bits per heavy atom. The van der Waals surface area contributed by atoms with Crippen molar-refractivity contribution in [3.63, 3.8) is 0 Å². The van der Waals surface area contributed by atoms with Gasteiger partial charge in [-0.3, -0.25) is 14.5 Å². The zero-order chi connectivity index (χ0) is 26.6. The second kappa shape index (κ2) is 10.7. The molecule has 192 valence electrons. The predicted molar refractivity (Wildman–Crippen MR) is 122 cm³/mol. The van der Waals surface area contributed by atoms with Crippen LogP contribution in [0.4, 0.5) is 13.6 Å². The van der Waals surface area contributed by atoms with Gasteiger partial charge in [-0.25, -0.2) is 9.59 Å². The Labute approximate surface area is 199 Å². The Kier molecular flexibility index (Phi) is 9.16. The SMILES string of the molecule is C=CC(F)(F)C(=O)[C@H](NC(C)=O)[C@H]1[C@H](/C=C\C)C[C@H](C(=O)OC(C)(C)C)N1C(=O)OC(C)(C)C. The molecule has 2 amide bonds. The molecule has 1 rings (SSSR count). The molecule has 1 aliphatic rings. The second-order valence-corrected chi connectivity index (χ2v) is 10.2. The minimum absolute atomic E-state index is 0.0216. The Hall–Kier alpha value is -2.78. The van der Waals surface area contributed by atoms with E-state index in [2.05, 4.69) is 11.9 Å².